The summed E-state index contributed by atoms with van der Waals surface area (Å²) >= 11 is 0. The molecule has 6 rings (SSSR count). The van der Waals surface area contributed by atoms with E-state index in [4.69, 9.17) is 0 Å². The first-order valence-electron chi connectivity index (χ1n) is 18.2. The second-order valence-electron chi connectivity index (χ2n) is 14.5. The van der Waals surface area contributed by atoms with Crippen LogP contribution in [0.4, 0.5) is 0 Å². The van der Waals surface area contributed by atoms with E-state index >= 15 is 0 Å². The summed E-state index contributed by atoms with van der Waals surface area (Å²) in [4.78, 5) is 9.60. The van der Waals surface area contributed by atoms with Gasteiger partial charge in [0, 0.05) is 65.1 Å². The lowest BCUT2D eigenvalue weighted by molar-refractivity contribution is 0.625. The number of tetrazole rings is 2. The Bertz CT molecular complexity index is 1620. The van der Waals surface area contributed by atoms with E-state index in [1.54, 1.807) is 44.6 Å². The fourth-order valence-electron chi connectivity index (χ4n) is 4.26. The Labute approximate surface area is 321 Å². The van der Waals surface area contributed by atoms with Crippen LogP contribution in [0.3, 0.4) is 0 Å². The van der Waals surface area contributed by atoms with Gasteiger partial charge in [-0.2, -0.15) is 20.1 Å². The maximum absolute atomic E-state index is 4.12. The first-order chi connectivity index (χ1) is 25.2. The molecule has 54 heavy (non-hydrogen) atoms. The van der Waals surface area contributed by atoms with Gasteiger partial charge in [0.1, 0.15) is 18.5 Å². The zero-order valence-corrected chi connectivity index (χ0v) is 35.8. The monoisotopic (exact) mass is 752 g/mol. The van der Waals surface area contributed by atoms with Crippen molar-refractivity contribution in [2.75, 3.05) is 0 Å². The lowest BCUT2D eigenvalue weighted by Crippen LogP contribution is -2.00. The maximum Gasteiger partial charge on any atom is 0.177 e. The molecule has 0 amide bonds. The molecule has 0 aliphatic heterocycles. The predicted molar refractivity (Wildman–Crippen MR) is 208 cm³/mol. The quantitative estimate of drug-likeness (QED) is 0.220. The van der Waals surface area contributed by atoms with E-state index < -0.39 is 0 Å². The van der Waals surface area contributed by atoms with Crippen molar-refractivity contribution in [2.24, 2.45) is 42.3 Å². The molecule has 0 fully saturated rings. The molecule has 0 aromatic carbocycles. The molecule has 6 heterocycles. The smallest absolute Gasteiger partial charge is 0.177 e. The standard InChI is InChI=1S/C7H12N2.3C6H11N3.2C5H10N4/c1-6(2)7-4-8-9(3)5-7;1-5(2)6-7-4-9(3)8-6;1-5(2)6-7-4-8-9(6)3;1-5(2)6-4-7-8-9(6)3;1-4(2)5-6-7-8-9(5)3;1-4(2)5-6-8-9(3)7-5/h4-6H,1-3H3;3*4-5H,1-3H3;2*4H,1-3H3. The van der Waals surface area contributed by atoms with Crippen LogP contribution in [-0.2, 0) is 42.3 Å². The minimum absolute atomic E-state index is 0.374. The summed E-state index contributed by atoms with van der Waals surface area (Å²) in [6.45, 7) is 25.1. The molecule has 19 nitrogen and oxygen atoms in total. The SMILES string of the molecule is CC(C)c1cnn(C)c1.CC(C)c1cnnn1C.CC(C)c1ncn(C)n1.CC(C)c1ncnn1C.CC(C)c1nnn(C)n1.CC(C)c1nnnn1C. The van der Waals surface area contributed by atoms with Gasteiger partial charge < -0.3 is 0 Å². The third kappa shape index (κ3) is 17.1. The maximum atomic E-state index is 4.12. The Morgan fingerprint density at radius 1 is 0.500 bits per heavy atom. The first-order valence-corrected chi connectivity index (χ1v) is 18.2. The highest BCUT2D eigenvalue weighted by atomic mass is 15.6. The van der Waals surface area contributed by atoms with Crippen LogP contribution in [0.5, 0.6) is 0 Å². The van der Waals surface area contributed by atoms with Crippen molar-refractivity contribution >= 4 is 0 Å². The second-order valence-corrected chi connectivity index (χ2v) is 14.5. The molecule has 6 aromatic heterocycles. The van der Waals surface area contributed by atoms with Crippen molar-refractivity contribution in [2.45, 2.75) is 119 Å². The molecule has 0 spiro atoms. The van der Waals surface area contributed by atoms with Crippen LogP contribution >= 0.6 is 0 Å². The molecule has 0 aliphatic carbocycles. The van der Waals surface area contributed by atoms with E-state index in [1.807, 2.05) is 66.2 Å². The van der Waals surface area contributed by atoms with Gasteiger partial charge in [0.25, 0.3) is 0 Å². The van der Waals surface area contributed by atoms with Gasteiger partial charge in [0.15, 0.2) is 17.5 Å². The Morgan fingerprint density at radius 2 is 1.13 bits per heavy atom. The Kier molecular flexibility index (Phi) is 20.3. The molecular formula is C35H65N19. The summed E-state index contributed by atoms with van der Waals surface area (Å²) in [6.07, 6.45) is 9.05. The van der Waals surface area contributed by atoms with E-state index in [0.717, 1.165) is 23.3 Å². The molecule has 300 valence electrons. The lowest BCUT2D eigenvalue weighted by Gasteiger charge is -2.01. The predicted octanol–water partition coefficient (Wildman–Crippen LogP) is 5.03. The van der Waals surface area contributed by atoms with Crippen LogP contribution in [0, 0.1) is 0 Å². The number of aryl methyl sites for hydroxylation is 6. The third-order valence-electron chi connectivity index (χ3n) is 7.34. The van der Waals surface area contributed by atoms with Crippen LogP contribution < -0.4 is 0 Å². The van der Waals surface area contributed by atoms with Crippen molar-refractivity contribution in [1.29, 1.82) is 0 Å². The van der Waals surface area contributed by atoms with Gasteiger partial charge in [-0.05, 0) is 33.0 Å². The summed E-state index contributed by atoms with van der Waals surface area (Å²) in [6, 6.07) is 0. The number of hydrogen-bond acceptors (Lipinski definition) is 13. The topological polar surface area (TPSA) is 197 Å². The van der Waals surface area contributed by atoms with E-state index in [9.17, 15) is 0 Å². The lowest BCUT2D eigenvalue weighted by atomic mass is 10.1. The fourth-order valence-corrected chi connectivity index (χ4v) is 4.26. The van der Waals surface area contributed by atoms with Crippen molar-refractivity contribution in [3.63, 3.8) is 0 Å². The van der Waals surface area contributed by atoms with E-state index in [1.165, 1.54) is 16.1 Å². The van der Waals surface area contributed by atoms with Crippen LogP contribution in [0.15, 0.2) is 31.2 Å². The summed E-state index contributed by atoms with van der Waals surface area (Å²) in [5.41, 5.74) is 2.48. The molecule has 0 unspecified atom stereocenters. The molecule has 0 bridgehead atoms. The van der Waals surface area contributed by atoms with E-state index in [0.29, 0.717) is 35.5 Å². The second kappa shape index (κ2) is 23.4. The first kappa shape index (κ1) is 46.8. The molecule has 19 heteroatoms. The summed E-state index contributed by atoms with van der Waals surface area (Å²) in [5, 5.41) is 42.2. The normalized spacial score (nSPS) is 10.7. The summed E-state index contributed by atoms with van der Waals surface area (Å²) < 4.78 is 8.82. The number of aromatic nitrogens is 19. The molecule has 0 saturated carbocycles. The third-order valence-corrected chi connectivity index (χ3v) is 7.34. The molecule has 0 radical (unpaired) electrons. The fraction of sp³-hybridized carbons (Fsp3) is 0.686. The number of nitrogens with zero attached hydrogens (tertiary/aromatic N) is 19. The van der Waals surface area contributed by atoms with Crippen LogP contribution in [0.2, 0.25) is 0 Å². The largest absolute Gasteiger partial charge is 0.276 e. The average molecular weight is 752 g/mol. The van der Waals surface area contributed by atoms with Gasteiger partial charge in [-0.3, -0.25) is 18.7 Å². The van der Waals surface area contributed by atoms with Gasteiger partial charge >= 0.3 is 0 Å². The molecule has 0 atom stereocenters. The molecule has 0 aliphatic rings. The molecule has 6 aromatic rings. The van der Waals surface area contributed by atoms with E-state index in [-0.39, 0.29) is 0 Å². The van der Waals surface area contributed by atoms with Crippen LogP contribution in [-0.4, -0.2) is 94.7 Å². The Hall–Kier alpha value is -5.23. The molecule has 0 N–H and O–H groups in total. The molecule has 0 saturated heterocycles. The minimum Gasteiger partial charge on any atom is -0.276 e. The minimum atomic E-state index is 0.374. The van der Waals surface area contributed by atoms with Crippen molar-refractivity contribution in [3.05, 3.63) is 65.8 Å². The highest BCUT2D eigenvalue weighted by molar-refractivity contribution is 5.08. The van der Waals surface area contributed by atoms with Gasteiger partial charge in [-0.25, -0.2) is 14.6 Å². The molecular weight excluding hydrogens is 687 g/mol. The van der Waals surface area contributed by atoms with Gasteiger partial charge in [0.05, 0.1) is 25.1 Å². The van der Waals surface area contributed by atoms with Gasteiger partial charge in [0.2, 0.25) is 0 Å². The van der Waals surface area contributed by atoms with Crippen LogP contribution in [0.1, 0.15) is 153 Å². The highest BCUT2D eigenvalue weighted by Gasteiger charge is 2.06. The Morgan fingerprint density at radius 3 is 1.35 bits per heavy atom. The Balaban J connectivity index is 0.000000324. The summed E-state index contributed by atoms with van der Waals surface area (Å²) in [7, 11) is 11.2. The van der Waals surface area contributed by atoms with E-state index in [2.05, 4.69) is 136 Å². The number of hydrogen-bond donors (Lipinski definition) is 0. The zero-order chi connectivity index (χ0) is 41.1. The van der Waals surface area contributed by atoms with Crippen LogP contribution in [0.25, 0.3) is 0 Å². The zero-order valence-electron chi connectivity index (χ0n) is 35.8. The number of rotatable bonds is 6. The average Bonchev–Trinajstić information content (AvgIpc) is 3.93. The van der Waals surface area contributed by atoms with Gasteiger partial charge in [-0.1, -0.05) is 88.3 Å². The summed E-state index contributed by atoms with van der Waals surface area (Å²) in [5.74, 6) is 6.48. The van der Waals surface area contributed by atoms with Crippen molar-refractivity contribution in [3.8, 4) is 0 Å². The van der Waals surface area contributed by atoms with Crippen molar-refractivity contribution in [1.82, 2.24) is 94.7 Å². The van der Waals surface area contributed by atoms with Gasteiger partial charge in [-0.15, -0.1) is 20.4 Å². The highest BCUT2D eigenvalue weighted by Crippen LogP contribution is 2.12. The van der Waals surface area contributed by atoms with Crippen molar-refractivity contribution < 1.29 is 0 Å².